The first-order valence-electron chi connectivity index (χ1n) is 6.35. The van der Waals surface area contributed by atoms with E-state index in [-0.39, 0.29) is 0 Å². The SMILES string of the molecule is O=CCC[C@H]1CCC[C@H]2CCCC[C@H]21. The van der Waals surface area contributed by atoms with Crippen molar-refractivity contribution < 1.29 is 4.79 Å². The average Bonchev–Trinajstić information content (AvgIpc) is 2.26. The quantitative estimate of drug-likeness (QED) is 0.628. The molecule has 3 atom stereocenters. The highest BCUT2D eigenvalue weighted by Crippen LogP contribution is 2.45. The maximum absolute atomic E-state index is 10.4. The lowest BCUT2D eigenvalue weighted by Crippen LogP contribution is -2.30. The Kier molecular flexibility index (Phi) is 3.61. The number of hydrogen-bond donors (Lipinski definition) is 0. The molecule has 14 heavy (non-hydrogen) atoms. The zero-order chi connectivity index (χ0) is 9.80. The van der Waals surface area contributed by atoms with Crippen LogP contribution in [0.1, 0.15) is 57.8 Å². The monoisotopic (exact) mass is 194 g/mol. The van der Waals surface area contributed by atoms with Crippen molar-refractivity contribution in [1.29, 1.82) is 0 Å². The summed E-state index contributed by atoms with van der Waals surface area (Å²) >= 11 is 0. The molecule has 2 fully saturated rings. The van der Waals surface area contributed by atoms with Gasteiger partial charge in [-0.2, -0.15) is 0 Å². The summed E-state index contributed by atoms with van der Waals surface area (Å²) in [6, 6.07) is 0. The minimum atomic E-state index is 0.799. The zero-order valence-corrected chi connectivity index (χ0v) is 9.08. The molecule has 2 aliphatic carbocycles. The topological polar surface area (TPSA) is 17.1 Å². The lowest BCUT2D eigenvalue weighted by molar-refractivity contribution is -0.108. The molecule has 1 heteroatoms. The number of rotatable bonds is 3. The number of fused-ring (bicyclic) bond motifs is 1. The first-order chi connectivity index (χ1) is 6.92. The van der Waals surface area contributed by atoms with Gasteiger partial charge in [0, 0.05) is 6.42 Å². The molecule has 0 aromatic heterocycles. The molecule has 0 spiro atoms. The van der Waals surface area contributed by atoms with Crippen molar-refractivity contribution >= 4 is 6.29 Å². The molecule has 0 unspecified atom stereocenters. The van der Waals surface area contributed by atoms with Crippen LogP contribution in [0, 0.1) is 17.8 Å². The van der Waals surface area contributed by atoms with Gasteiger partial charge in [0.25, 0.3) is 0 Å². The summed E-state index contributed by atoms with van der Waals surface area (Å²) in [5, 5.41) is 0. The van der Waals surface area contributed by atoms with E-state index in [1.807, 2.05) is 0 Å². The summed E-state index contributed by atoms with van der Waals surface area (Å²) in [7, 11) is 0. The number of hydrogen-bond acceptors (Lipinski definition) is 1. The van der Waals surface area contributed by atoms with E-state index in [4.69, 9.17) is 0 Å². The Morgan fingerprint density at radius 3 is 2.64 bits per heavy atom. The summed E-state index contributed by atoms with van der Waals surface area (Å²) in [6.07, 6.45) is 13.2. The first kappa shape index (κ1) is 10.2. The second-order valence-corrected chi connectivity index (χ2v) is 5.14. The van der Waals surface area contributed by atoms with Crippen LogP contribution in [0.2, 0.25) is 0 Å². The Morgan fingerprint density at radius 2 is 1.79 bits per heavy atom. The largest absolute Gasteiger partial charge is 0.303 e. The molecule has 0 amide bonds. The van der Waals surface area contributed by atoms with Gasteiger partial charge in [-0.05, 0) is 30.6 Å². The fourth-order valence-electron chi connectivity index (χ4n) is 3.71. The van der Waals surface area contributed by atoms with Crippen LogP contribution in [0.25, 0.3) is 0 Å². The summed E-state index contributed by atoms with van der Waals surface area (Å²) in [6.45, 7) is 0. The Morgan fingerprint density at radius 1 is 1.00 bits per heavy atom. The molecule has 0 bridgehead atoms. The number of carbonyl (C=O) groups excluding carboxylic acids is 1. The van der Waals surface area contributed by atoms with E-state index in [1.54, 1.807) is 0 Å². The fraction of sp³-hybridized carbons (Fsp3) is 0.923. The molecule has 80 valence electrons. The van der Waals surface area contributed by atoms with Gasteiger partial charge in [-0.25, -0.2) is 0 Å². The van der Waals surface area contributed by atoms with Gasteiger partial charge in [0.2, 0.25) is 0 Å². The third-order valence-electron chi connectivity index (χ3n) is 4.38. The predicted molar refractivity (Wildman–Crippen MR) is 58.1 cm³/mol. The van der Waals surface area contributed by atoms with Crippen LogP contribution in [0.3, 0.4) is 0 Å². The van der Waals surface area contributed by atoms with Gasteiger partial charge in [0.05, 0.1) is 0 Å². The van der Waals surface area contributed by atoms with Crippen molar-refractivity contribution in [2.45, 2.75) is 57.8 Å². The van der Waals surface area contributed by atoms with Crippen LogP contribution in [-0.4, -0.2) is 6.29 Å². The van der Waals surface area contributed by atoms with Crippen LogP contribution < -0.4 is 0 Å². The van der Waals surface area contributed by atoms with Crippen molar-refractivity contribution in [3.8, 4) is 0 Å². The maximum atomic E-state index is 10.4. The van der Waals surface area contributed by atoms with E-state index in [0.717, 1.165) is 30.5 Å². The molecule has 0 radical (unpaired) electrons. The molecule has 0 aromatic rings. The van der Waals surface area contributed by atoms with Gasteiger partial charge in [-0.3, -0.25) is 0 Å². The molecule has 2 aliphatic rings. The summed E-state index contributed by atoms with van der Waals surface area (Å²) in [5.41, 5.74) is 0. The molecule has 0 heterocycles. The summed E-state index contributed by atoms with van der Waals surface area (Å²) in [5.74, 6) is 2.89. The molecule has 2 rings (SSSR count). The summed E-state index contributed by atoms with van der Waals surface area (Å²) in [4.78, 5) is 10.4. The minimum absolute atomic E-state index is 0.799. The van der Waals surface area contributed by atoms with E-state index >= 15 is 0 Å². The lowest BCUT2D eigenvalue weighted by atomic mass is 9.64. The molecule has 0 aromatic carbocycles. The van der Waals surface area contributed by atoms with Crippen LogP contribution in [0.4, 0.5) is 0 Å². The number of carbonyl (C=O) groups is 1. The van der Waals surface area contributed by atoms with Crippen molar-refractivity contribution in [2.24, 2.45) is 17.8 Å². The van der Waals surface area contributed by atoms with E-state index in [2.05, 4.69) is 0 Å². The maximum Gasteiger partial charge on any atom is 0.120 e. The Labute approximate surface area is 87.3 Å². The summed E-state index contributed by atoms with van der Waals surface area (Å²) < 4.78 is 0. The van der Waals surface area contributed by atoms with E-state index < -0.39 is 0 Å². The van der Waals surface area contributed by atoms with E-state index in [1.165, 1.54) is 51.4 Å². The smallest absolute Gasteiger partial charge is 0.120 e. The van der Waals surface area contributed by atoms with Crippen LogP contribution in [-0.2, 0) is 4.79 Å². The van der Waals surface area contributed by atoms with Crippen molar-refractivity contribution in [1.82, 2.24) is 0 Å². The Hall–Kier alpha value is -0.330. The average molecular weight is 194 g/mol. The second kappa shape index (κ2) is 4.95. The molecular formula is C13H22O. The van der Waals surface area contributed by atoms with Crippen LogP contribution in [0.5, 0.6) is 0 Å². The molecule has 0 N–H and O–H groups in total. The lowest BCUT2D eigenvalue weighted by Gasteiger charge is -2.41. The fourth-order valence-corrected chi connectivity index (χ4v) is 3.71. The Bertz CT molecular complexity index is 186. The van der Waals surface area contributed by atoms with Crippen molar-refractivity contribution in [3.63, 3.8) is 0 Å². The molecule has 0 saturated heterocycles. The molecular weight excluding hydrogens is 172 g/mol. The minimum Gasteiger partial charge on any atom is -0.303 e. The first-order valence-corrected chi connectivity index (χ1v) is 6.35. The van der Waals surface area contributed by atoms with Gasteiger partial charge in [-0.15, -0.1) is 0 Å². The highest BCUT2D eigenvalue weighted by molar-refractivity contribution is 5.49. The molecule has 0 aliphatic heterocycles. The van der Waals surface area contributed by atoms with Gasteiger partial charge in [0.15, 0.2) is 0 Å². The third-order valence-corrected chi connectivity index (χ3v) is 4.38. The normalized spacial score (nSPS) is 37.6. The van der Waals surface area contributed by atoms with Crippen molar-refractivity contribution in [3.05, 3.63) is 0 Å². The highest BCUT2D eigenvalue weighted by atomic mass is 16.1. The van der Waals surface area contributed by atoms with Gasteiger partial charge in [0.1, 0.15) is 6.29 Å². The van der Waals surface area contributed by atoms with Gasteiger partial charge < -0.3 is 4.79 Å². The molecule has 1 nitrogen and oxygen atoms in total. The Balaban J connectivity index is 1.90. The standard InChI is InChI=1S/C13H22O/c14-10-4-8-12-7-3-6-11-5-1-2-9-13(11)12/h10-13H,1-9H2/t11-,12-,13-/m1/s1. The van der Waals surface area contributed by atoms with E-state index in [9.17, 15) is 4.79 Å². The highest BCUT2D eigenvalue weighted by Gasteiger charge is 2.33. The second-order valence-electron chi connectivity index (χ2n) is 5.14. The molecule has 2 saturated carbocycles. The van der Waals surface area contributed by atoms with Gasteiger partial charge in [-0.1, -0.05) is 38.5 Å². The zero-order valence-electron chi connectivity index (χ0n) is 9.08. The van der Waals surface area contributed by atoms with Crippen LogP contribution >= 0.6 is 0 Å². The van der Waals surface area contributed by atoms with Crippen LogP contribution in [0.15, 0.2) is 0 Å². The van der Waals surface area contributed by atoms with Crippen molar-refractivity contribution in [2.75, 3.05) is 0 Å². The third kappa shape index (κ3) is 2.18. The van der Waals surface area contributed by atoms with Gasteiger partial charge >= 0.3 is 0 Å². The predicted octanol–water partition coefficient (Wildman–Crippen LogP) is 3.57. The number of aldehydes is 1. The van der Waals surface area contributed by atoms with E-state index in [0.29, 0.717) is 0 Å².